The lowest BCUT2D eigenvalue weighted by Crippen LogP contribution is -2.47. The Balaban J connectivity index is 1.53. The van der Waals surface area contributed by atoms with Crippen LogP contribution in [0.5, 0.6) is 5.75 Å². The quantitative estimate of drug-likeness (QED) is 0.259. The molecule has 10 heteroatoms. The van der Waals surface area contributed by atoms with E-state index in [4.69, 9.17) is 19.2 Å². The predicted octanol–water partition coefficient (Wildman–Crippen LogP) is 3.05. The molecule has 2 N–H and O–H groups in total. The van der Waals surface area contributed by atoms with Crippen molar-refractivity contribution in [1.29, 1.82) is 0 Å². The summed E-state index contributed by atoms with van der Waals surface area (Å²) < 4.78 is 20.7. The van der Waals surface area contributed by atoms with Gasteiger partial charge < -0.3 is 28.5 Å². The monoisotopic (exact) mass is 554 g/mol. The highest BCUT2D eigenvalue weighted by molar-refractivity contribution is 5.82. The summed E-state index contributed by atoms with van der Waals surface area (Å²) in [5, 5.41) is 13.1. The molecular formula is C30H42N4O6. The van der Waals surface area contributed by atoms with E-state index in [9.17, 15) is 14.7 Å². The maximum atomic E-state index is 12.4. The van der Waals surface area contributed by atoms with Gasteiger partial charge in [0.25, 0.3) is 5.56 Å². The lowest BCUT2D eigenvalue weighted by molar-refractivity contribution is -0.150. The largest absolute Gasteiger partial charge is 0.492 e. The van der Waals surface area contributed by atoms with Gasteiger partial charge in [-0.15, -0.1) is 0 Å². The van der Waals surface area contributed by atoms with Crippen LogP contribution in [0.3, 0.4) is 0 Å². The number of hydrogen-bond acceptors (Lipinski definition) is 8. The second-order valence-electron chi connectivity index (χ2n) is 11.1. The van der Waals surface area contributed by atoms with Crippen molar-refractivity contribution >= 4 is 17.0 Å². The number of fused-ring (bicyclic) bond motifs is 1. The first-order chi connectivity index (χ1) is 19.1. The molecule has 4 rings (SSSR count). The van der Waals surface area contributed by atoms with Gasteiger partial charge in [-0.3, -0.25) is 14.9 Å². The minimum absolute atomic E-state index is 0.0221. The van der Waals surface area contributed by atoms with Gasteiger partial charge in [0.1, 0.15) is 24.2 Å². The van der Waals surface area contributed by atoms with Crippen molar-refractivity contribution in [2.75, 3.05) is 33.0 Å². The number of aliphatic hydroxyl groups excluding tert-OH is 1. The minimum atomic E-state index is -0.893. The molecule has 1 saturated heterocycles. The number of nitrogens with one attached hydrogen (secondary N) is 1. The molecule has 0 saturated carbocycles. The fraction of sp³-hybridized carbons (Fsp3) is 0.567. The van der Waals surface area contributed by atoms with Crippen LogP contribution in [0.2, 0.25) is 0 Å². The Bertz CT molecular complexity index is 1330. The first-order valence-corrected chi connectivity index (χ1v) is 14.1. The molecule has 0 amide bonds. The lowest BCUT2D eigenvalue weighted by Gasteiger charge is -2.23. The van der Waals surface area contributed by atoms with Gasteiger partial charge in [0.2, 0.25) is 0 Å². The Morgan fingerprint density at radius 2 is 1.98 bits per heavy atom. The number of aryl methyl sites for hydroxylation is 2. The van der Waals surface area contributed by atoms with E-state index >= 15 is 0 Å². The summed E-state index contributed by atoms with van der Waals surface area (Å²) in [5.41, 5.74) is 3.35. The minimum Gasteiger partial charge on any atom is -0.492 e. The van der Waals surface area contributed by atoms with Crippen LogP contribution in [0, 0.1) is 18.8 Å². The fourth-order valence-electron chi connectivity index (χ4n) is 4.96. The van der Waals surface area contributed by atoms with E-state index < -0.39 is 18.1 Å². The standard InChI is InChI=1S/C30H42N4O6/c1-19(2)18-40-30(37)27(21(4)35)31-10-13-39-24-6-7-25-26(15-24)34(16-22-8-11-38-12-9-22)28(32-25)23-14-20(3)29(36)33(5)17-23/h6-7,14-15,17,19,21-22,27,31,35H,8-13,16,18H2,1-5H3/t21?,27-/m0/s1. The summed E-state index contributed by atoms with van der Waals surface area (Å²) in [6.45, 7) is 10.6. The predicted molar refractivity (Wildman–Crippen MR) is 153 cm³/mol. The number of hydrogen-bond donors (Lipinski definition) is 2. The molecule has 40 heavy (non-hydrogen) atoms. The topological polar surface area (TPSA) is 117 Å². The van der Waals surface area contributed by atoms with Gasteiger partial charge in [0.15, 0.2) is 0 Å². The van der Waals surface area contributed by atoms with Gasteiger partial charge in [-0.05, 0) is 56.7 Å². The number of aliphatic hydroxyl groups is 1. The molecule has 1 fully saturated rings. The van der Waals surface area contributed by atoms with Crippen LogP contribution < -0.4 is 15.6 Å². The molecule has 0 radical (unpaired) electrons. The van der Waals surface area contributed by atoms with Crippen LogP contribution in [-0.4, -0.2) is 70.3 Å². The van der Waals surface area contributed by atoms with E-state index in [1.807, 2.05) is 51.2 Å². The van der Waals surface area contributed by atoms with Gasteiger partial charge in [0.05, 0.1) is 23.7 Å². The molecule has 1 unspecified atom stereocenters. The number of rotatable bonds is 12. The van der Waals surface area contributed by atoms with Crippen LogP contribution in [0.1, 0.15) is 39.2 Å². The van der Waals surface area contributed by atoms with Gasteiger partial charge in [-0.2, -0.15) is 0 Å². The van der Waals surface area contributed by atoms with Gasteiger partial charge >= 0.3 is 5.97 Å². The number of esters is 1. The molecule has 1 aliphatic heterocycles. The van der Waals surface area contributed by atoms with Crippen molar-refractivity contribution in [1.82, 2.24) is 19.4 Å². The van der Waals surface area contributed by atoms with E-state index in [2.05, 4.69) is 9.88 Å². The summed E-state index contributed by atoms with van der Waals surface area (Å²) in [5.74, 6) is 1.71. The molecule has 0 aliphatic carbocycles. The highest BCUT2D eigenvalue weighted by Crippen LogP contribution is 2.30. The molecule has 3 aromatic rings. The molecular weight excluding hydrogens is 512 g/mol. The number of carbonyl (C=O) groups is 1. The Kier molecular flexibility index (Phi) is 9.99. The summed E-state index contributed by atoms with van der Waals surface area (Å²) in [6, 6.07) is 6.89. The SMILES string of the molecule is Cc1cc(-c2nc3ccc(OCCN[C@H](C(=O)OCC(C)C)C(C)O)cc3n2CC2CCOCC2)cn(C)c1=O. The fourth-order valence-corrected chi connectivity index (χ4v) is 4.96. The van der Waals surface area contributed by atoms with Crippen LogP contribution in [0.4, 0.5) is 0 Å². The zero-order valence-electron chi connectivity index (χ0n) is 24.2. The molecule has 218 valence electrons. The number of imidazole rings is 1. The maximum absolute atomic E-state index is 12.4. The molecule has 1 aliphatic rings. The molecule has 2 atom stereocenters. The van der Waals surface area contributed by atoms with Crippen LogP contribution in [0.25, 0.3) is 22.4 Å². The van der Waals surface area contributed by atoms with E-state index in [-0.39, 0.29) is 11.5 Å². The number of nitrogens with zero attached hydrogens (tertiary/aromatic N) is 3. The smallest absolute Gasteiger partial charge is 0.325 e. The van der Waals surface area contributed by atoms with Crippen LogP contribution in [-0.2, 0) is 27.9 Å². The highest BCUT2D eigenvalue weighted by Gasteiger charge is 2.25. The van der Waals surface area contributed by atoms with Crippen LogP contribution >= 0.6 is 0 Å². The van der Waals surface area contributed by atoms with Crippen molar-refractivity contribution in [3.63, 3.8) is 0 Å². The zero-order chi connectivity index (χ0) is 28.8. The first-order valence-electron chi connectivity index (χ1n) is 14.1. The molecule has 3 heterocycles. The van der Waals surface area contributed by atoms with Gasteiger partial charge in [-0.1, -0.05) is 13.8 Å². The molecule has 1 aromatic carbocycles. The number of benzene rings is 1. The molecule has 2 aromatic heterocycles. The van der Waals surface area contributed by atoms with E-state index in [0.29, 0.717) is 37.0 Å². The number of ether oxygens (including phenoxy) is 3. The average Bonchev–Trinajstić information content (AvgIpc) is 3.27. The Hall–Kier alpha value is -3.21. The van der Waals surface area contributed by atoms with Crippen molar-refractivity contribution in [3.8, 4) is 17.1 Å². The van der Waals surface area contributed by atoms with Gasteiger partial charge in [-0.25, -0.2) is 4.98 Å². The second-order valence-corrected chi connectivity index (χ2v) is 11.1. The third-order valence-corrected chi connectivity index (χ3v) is 7.15. The molecule has 0 bridgehead atoms. The summed E-state index contributed by atoms with van der Waals surface area (Å²) in [6.07, 6.45) is 2.91. The highest BCUT2D eigenvalue weighted by atomic mass is 16.5. The third-order valence-electron chi connectivity index (χ3n) is 7.15. The molecule has 0 spiro atoms. The Labute approximate surface area is 235 Å². The Morgan fingerprint density at radius 3 is 2.65 bits per heavy atom. The normalized spacial score (nSPS) is 15.9. The van der Waals surface area contributed by atoms with E-state index in [1.165, 1.54) is 0 Å². The van der Waals surface area contributed by atoms with Gasteiger partial charge in [0, 0.05) is 56.7 Å². The average molecular weight is 555 g/mol. The second kappa shape index (κ2) is 13.4. The zero-order valence-corrected chi connectivity index (χ0v) is 24.2. The molecule has 10 nitrogen and oxygen atoms in total. The summed E-state index contributed by atoms with van der Waals surface area (Å²) in [4.78, 5) is 29.7. The number of aromatic nitrogens is 3. The Morgan fingerprint density at radius 1 is 1.23 bits per heavy atom. The number of carbonyl (C=O) groups excluding carboxylic acids is 1. The first kappa shape index (κ1) is 29.8. The van der Waals surface area contributed by atoms with E-state index in [0.717, 1.165) is 55.0 Å². The summed E-state index contributed by atoms with van der Waals surface area (Å²) >= 11 is 0. The third kappa shape index (κ3) is 7.30. The number of pyridine rings is 1. The van der Waals surface area contributed by atoms with Crippen LogP contribution in [0.15, 0.2) is 35.3 Å². The van der Waals surface area contributed by atoms with Crippen molar-refractivity contribution in [2.24, 2.45) is 18.9 Å². The van der Waals surface area contributed by atoms with Crippen molar-refractivity contribution in [2.45, 2.75) is 59.2 Å². The lowest BCUT2D eigenvalue weighted by atomic mass is 10.00. The van der Waals surface area contributed by atoms with Crippen molar-refractivity contribution < 1.29 is 24.1 Å². The maximum Gasteiger partial charge on any atom is 0.325 e. The summed E-state index contributed by atoms with van der Waals surface area (Å²) in [7, 11) is 1.76. The van der Waals surface area contributed by atoms with E-state index in [1.54, 1.807) is 18.5 Å². The van der Waals surface area contributed by atoms with Crippen molar-refractivity contribution in [3.05, 3.63) is 46.4 Å².